The van der Waals surface area contributed by atoms with E-state index in [4.69, 9.17) is 4.74 Å². The number of nitrogens with one attached hydrogen (secondary N) is 1. The number of benzene rings is 1. The van der Waals surface area contributed by atoms with Gasteiger partial charge in [0.2, 0.25) is 10.0 Å². The smallest absolute Gasteiger partial charge is 0.248 e. The molecule has 1 aromatic carbocycles. The molecule has 0 spiro atoms. The molecule has 0 unspecified atom stereocenters. The summed E-state index contributed by atoms with van der Waals surface area (Å²) in [5.41, 5.74) is 0. The lowest BCUT2D eigenvalue weighted by molar-refractivity contribution is 0.277. The monoisotopic (exact) mass is 242 g/mol. The van der Waals surface area contributed by atoms with Crippen LogP contribution in [0, 0.1) is 0 Å². The van der Waals surface area contributed by atoms with Crippen LogP contribution < -0.4 is 10.1 Å². The molecule has 0 fully saturated rings. The minimum absolute atomic E-state index is 0.239. The number of para-hydroxylation sites is 1. The topological polar surface area (TPSA) is 58.6 Å². The van der Waals surface area contributed by atoms with E-state index in [0.717, 1.165) is 0 Å². The number of sulfonamides is 1. The van der Waals surface area contributed by atoms with Crippen molar-refractivity contribution < 1.29 is 13.2 Å². The second-order valence-electron chi connectivity index (χ2n) is 3.49. The number of rotatable bonds is 2. The maximum Gasteiger partial charge on any atom is 0.248 e. The predicted octanol–water partition coefficient (Wildman–Crippen LogP) is 0.247. The van der Waals surface area contributed by atoms with E-state index in [-0.39, 0.29) is 4.90 Å². The second kappa shape index (κ2) is 4.40. The van der Waals surface area contributed by atoms with Gasteiger partial charge in [0.15, 0.2) is 0 Å². The Morgan fingerprint density at radius 3 is 2.94 bits per heavy atom. The first-order chi connectivity index (χ1) is 7.66. The molecule has 0 saturated carbocycles. The van der Waals surface area contributed by atoms with Gasteiger partial charge in [-0.15, -0.1) is 0 Å². The summed E-state index contributed by atoms with van der Waals surface area (Å²) in [4.78, 5) is 0.239. The molecular formula is C10H14N2O3S. The standard InChI is InChI=1S/C10H14N2O3S/c1-11-8-12-6-7-15-9-4-2-3-5-10(9)16(12,13)14/h2-5,11H,6-8H2,1H3. The Bertz CT molecular complexity index is 473. The summed E-state index contributed by atoms with van der Waals surface area (Å²) in [5, 5.41) is 2.84. The van der Waals surface area contributed by atoms with Crippen LogP contribution in [-0.2, 0) is 10.0 Å². The predicted molar refractivity (Wildman–Crippen MR) is 59.8 cm³/mol. The highest BCUT2D eigenvalue weighted by Gasteiger charge is 2.29. The molecule has 0 aromatic heterocycles. The Morgan fingerprint density at radius 1 is 1.44 bits per heavy atom. The van der Waals surface area contributed by atoms with Crippen LogP contribution in [-0.4, -0.2) is 39.6 Å². The molecule has 5 nitrogen and oxygen atoms in total. The molecule has 0 saturated heterocycles. The summed E-state index contributed by atoms with van der Waals surface area (Å²) in [5.74, 6) is 0.432. The Labute approximate surface area is 95.1 Å². The molecule has 1 aromatic rings. The van der Waals surface area contributed by atoms with Crippen molar-refractivity contribution in [2.75, 3.05) is 26.9 Å². The van der Waals surface area contributed by atoms with Gasteiger partial charge in [0.25, 0.3) is 0 Å². The third-order valence-corrected chi connectivity index (χ3v) is 4.28. The molecular weight excluding hydrogens is 228 g/mol. The molecule has 2 rings (SSSR count). The van der Waals surface area contributed by atoms with E-state index in [2.05, 4.69) is 5.32 Å². The summed E-state index contributed by atoms with van der Waals surface area (Å²) in [6, 6.07) is 6.71. The van der Waals surface area contributed by atoms with Crippen LogP contribution in [0.2, 0.25) is 0 Å². The number of fused-ring (bicyclic) bond motifs is 1. The molecule has 88 valence electrons. The molecule has 0 amide bonds. The Morgan fingerprint density at radius 2 is 2.19 bits per heavy atom. The minimum Gasteiger partial charge on any atom is -0.491 e. The van der Waals surface area contributed by atoms with Crippen LogP contribution in [0.25, 0.3) is 0 Å². The molecule has 6 heteroatoms. The van der Waals surface area contributed by atoms with E-state index in [1.165, 1.54) is 4.31 Å². The van der Waals surface area contributed by atoms with Gasteiger partial charge >= 0.3 is 0 Å². The van der Waals surface area contributed by atoms with Gasteiger partial charge in [-0.2, -0.15) is 4.31 Å². The zero-order valence-electron chi connectivity index (χ0n) is 9.01. The van der Waals surface area contributed by atoms with Crippen LogP contribution in [0.3, 0.4) is 0 Å². The van der Waals surface area contributed by atoms with E-state index in [9.17, 15) is 8.42 Å². The summed E-state index contributed by atoms with van der Waals surface area (Å²) < 4.78 is 31.2. The normalized spacial score (nSPS) is 19.6. The zero-order valence-corrected chi connectivity index (χ0v) is 9.83. The molecule has 0 bridgehead atoms. The highest BCUT2D eigenvalue weighted by molar-refractivity contribution is 7.89. The van der Waals surface area contributed by atoms with E-state index in [1.807, 2.05) is 0 Å². The molecule has 0 atom stereocenters. The number of hydrogen-bond acceptors (Lipinski definition) is 4. The molecule has 1 heterocycles. The Hall–Kier alpha value is -1.11. The van der Waals surface area contributed by atoms with E-state index in [0.29, 0.717) is 25.6 Å². The highest BCUT2D eigenvalue weighted by atomic mass is 32.2. The molecule has 0 aliphatic carbocycles. The summed E-state index contributed by atoms with van der Waals surface area (Å²) in [7, 11) is -1.72. The largest absolute Gasteiger partial charge is 0.491 e. The average Bonchev–Trinajstić information content (AvgIpc) is 2.39. The van der Waals surface area contributed by atoms with Gasteiger partial charge in [0.1, 0.15) is 17.3 Å². The Balaban J connectivity index is 2.48. The van der Waals surface area contributed by atoms with Crippen molar-refractivity contribution in [2.24, 2.45) is 0 Å². The first kappa shape index (κ1) is 11.4. The van der Waals surface area contributed by atoms with Gasteiger partial charge in [-0.05, 0) is 19.2 Å². The molecule has 16 heavy (non-hydrogen) atoms. The van der Waals surface area contributed by atoms with Gasteiger partial charge in [-0.1, -0.05) is 12.1 Å². The summed E-state index contributed by atoms with van der Waals surface area (Å²) in [6.45, 7) is 1.02. The molecule has 1 aliphatic heterocycles. The fourth-order valence-electron chi connectivity index (χ4n) is 1.64. The quantitative estimate of drug-likeness (QED) is 0.807. The molecule has 1 N–H and O–H groups in total. The number of nitrogens with zero attached hydrogens (tertiary/aromatic N) is 1. The zero-order chi connectivity index (χ0) is 11.6. The lowest BCUT2D eigenvalue weighted by atomic mass is 10.3. The van der Waals surface area contributed by atoms with Crippen LogP contribution in [0.15, 0.2) is 29.2 Å². The van der Waals surface area contributed by atoms with Gasteiger partial charge in [0.05, 0.1) is 6.67 Å². The van der Waals surface area contributed by atoms with Crippen LogP contribution in [0.5, 0.6) is 5.75 Å². The third-order valence-electron chi connectivity index (χ3n) is 2.40. The average molecular weight is 242 g/mol. The van der Waals surface area contributed by atoms with E-state index >= 15 is 0 Å². The fourth-order valence-corrected chi connectivity index (χ4v) is 3.16. The lowest BCUT2D eigenvalue weighted by Crippen LogP contribution is -2.38. The number of ether oxygens (including phenoxy) is 1. The maximum atomic E-state index is 12.2. The lowest BCUT2D eigenvalue weighted by Gasteiger charge is -2.18. The summed E-state index contributed by atoms with van der Waals surface area (Å²) >= 11 is 0. The van der Waals surface area contributed by atoms with Crippen molar-refractivity contribution in [3.63, 3.8) is 0 Å². The minimum atomic E-state index is -3.44. The number of hydrogen-bond donors (Lipinski definition) is 1. The second-order valence-corrected chi connectivity index (χ2v) is 5.39. The van der Waals surface area contributed by atoms with E-state index < -0.39 is 10.0 Å². The van der Waals surface area contributed by atoms with Crippen LogP contribution in [0.1, 0.15) is 0 Å². The van der Waals surface area contributed by atoms with Gasteiger partial charge in [-0.25, -0.2) is 8.42 Å². The third kappa shape index (κ3) is 1.91. The SMILES string of the molecule is CNCN1CCOc2ccccc2S1(=O)=O. The van der Waals surface area contributed by atoms with Crippen molar-refractivity contribution in [2.45, 2.75) is 4.90 Å². The fraction of sp³-hybridized carbons (Fsp3) is 0.400. The van der Waals surface area contributed by atoms with Crippen LogP contribution in [0.4, 0.5) is 0 Å². The van der Waals surface area contributed by atoms with Crippen LogP contribution >= 0.6 is 0 Å². The van der Waals surface area contributed by atoms with Gasteiger partial charge < -0.3 is 10.1 Å². The van der Waals surface area contributed by atoms with Crippen molar-refractivity contribution in [3.05, 3.63) is 24.3 Å². The van der Waals surface area contributed by atoms with Crippen molar-refractivity contribution >= 4 is 10.0 Å². The first-order valence-electron chi connectivity index (χ1n) is 5.03. The van der Waals surface area contributed by atoms with Gasteiger partial charge in [0, 0.05) is 6.54 Å². The summed E-state index contributed by atoms with van der Waals surface area (Å²) in [6.07, 6.45) is 0. The van der Waals surface area contributed by atoms with Gasteiger partial charge in [-0.3, -0.25) is 0 Å². The van der Waals surface area contributed by atoms with Crippen molar-refractivity contribution in [1.29, 1.82) is 0 Å². The van der Waals surface area contributed by atoms with Crippen molar-refractivity contribution in [3.8, 4) is 5.75 Å². The molecule has 1 aliphatic rings. The van der Waals surface area contributed by atoms with E-state index in [1.54, 1.807) is 31.3 Å². The molecule has 0 radical (unpaired) electrons. The Kier molecular flexibility index (Phi) is 3.13. The first-order valence-corrected chi connectivity index (χ1v) is 6.47. The van der Waals surface area contributed by atoms with Crippen molar-refractivity contribution in [1.82, 2.24) is 9.62 Å². The highest BCUT2D eigenvalue weighted by Crippen LogP contribution is 2.28. The maximum absolute atomic E-state index is 12.2.